The van der Waals surface area contributed by atoms with Crippen molar-refractivity contribution >= 4 is 0 Å². The number of hydrogen-bond acceptors (Lipinski definition) is 0. The lowest BCUT2D eigenvalue weighted by atomic mass is 9.74. The summed E-state index contributed by atoms with van der Waals surface area (Å²) in [5, 5.41) is 0. The summed E-state index contributed by atoms with van der Waals surface area (Å²) in [7, 11) is 0. The third kappa shape index (κ3) is 3.50. The van der Waals surface area contributed by atoms with Gasteiger partial charge in [0.1, 0.15) is 0 Å². The predicted molar refractivity (Wildman–Crippen MR) is 115 cm³/mol. The monoisotopic (exact) mass is 354 g/mol. The van der Waals surface area contributed by atoms with Gasteiger partial charge in [-0.15, -0.1) is 0 Å². The molecule has 0 atom stereocenters. The fourth-order valence-electron chi connectivity index (χ4n) is 5.70. The van der Waals surface area contributed by atoms with Crippen molar-refractivity contribution < 1.29 is 0 Å². The normalized spacial score (nSPS) is 20.1. The van der Waals surface area contributed by atoms with Crippen LogP contribution in [0.15, 0.2) is 0 Å². The van der Waals surface area contributed by atoms with Crippen LogP contribution in [0.4, 0.5) is 0 Å². The van der Waals surface area contributed by atoms with Gasteiger partial charge >= 0.3 is 0 Å². The average Bonchev–Trinajstić information content (AvgIpc) is 3.00. The fourth-order valence-corrected chi connectivity index (χ4v) is 5.70. The summed E-state index contributed by atoms with van der Waals surface area (Å²) >= 11 is 0. The van der Waals surface area contributed by atoms with Crippen LogP contribution in [0, 0.1) is 11.8 Å². The lowest BCUT2D eigenvalue weighted by molar-refractivity contribution is 0.510. The van der Waals surface area contributed by atoms with E-state index >= 15 is 0 Å². The first-order valence-electron chi connectivity index (χ1n) is 11.2. The Morgan fingerprint density at radius 3 is 1.31 bits per heavy atom. The number of rotatable bonds is 6. The van der Waals surface area contributed by atoms with Gasteiger partial charge in [0.2, 0.25) is 0 Å². The van der Waals surface area contributed by atoms with Crippen LogP contribution < -0.4 is 0 Å². The molecule has 0 unspecified atom stereocenters. The molecule has 0 N–H and O–H groups in total. The third-order valence-electron chi connectivity index (χ3n) is 7.23. The molecule has 26 heavy (non-hydrogen) atoms. The molecule has 0 aromatic heterocycles. The lowest BCUT2D eigenvalue weighted by Gasteiger charge is -2.31. The van der Waals surface area contributed by atoms with Gasteiger partial charge in [-0.05, 0) is 107 Å². The molecule has 3 rings (SSSR count). The van der Waals surface area contributed by atoms with E-state index < -0.39 is 0 Å². The Morgan fingerprint density at radius 2 is 1.00 bits per heavy atom. The van der Waals surface area contributed by atoms with Gasteiger partial charge in [0, 0.05) is 0 Å². The van der Waals surface area contributed by atoms with Crippen molar-refractivity contribution in [1.82, 2.24) is 0 Å². The van der Waals surface area contributed by atoms with E-state index in [0.717, 1.165) is 11.8 Å². The second-order valence-corrected chi connectivity index (χ2v) is 11.3. The third-order valence-corrected chi connectivity index (χ3v) is 7.23. The summed E-state index contributed by atoms with van der Waals surface area (Å²) in [6, 6.07) is 0. The summed E-state index contributed by atoms with van der Waals surface area (Å²) in [5.74, 6) is 1.58. The van der Waals surface area contributed by atoms with Crippen LogP contribution in [0.1, 0.15) is 114 Å². The smallest absolute Gasteiger partial charge is 0.00947 e. The topological polar surface area (TPSA) is 0 Å². The Hall–Kier alpha value is -0.780. The Labute approximate surface area is 163 Å². The van der Waals surface area contributed by atoms with Gasteiger partial charge in [-0.3, -0.25) is 0 Å². The van der Waals surface area contributed by atoms with Gasteiger partial charge in [0.15, 0.2) is 0 Å². The molecule has 2 aliphatic carbocycles. The van der Waals surface area contributed by atoms with E-state index in [1.807, 2.05) is 0 Å². The maximum Gasteiger partial charge on any atom is -0.00947 e. The summed E-state index contributed by atoms with van der Waals surface area (Å²) < 4.78 is 0. The summed E-state index contributed by atoms with van der Waals surface area (Å²) in [6.07, 6.45) is 10.6. The van der Waals surface area contributed by atoms with Crippen LogP contribution in [-0.2, 0) is 36.5 Å². The number of hydrogen-bond donors (Lipinski definition) is 0. The fraction of sp³-hybridized carbons (Fsp3) is 0.769. The first-order valence-corrected chi connectivity index (χ1v) is 11.2. The molecule has 2 aliphatic rings. The highest BCUT2D eigenvalue weighted by molar-refractivity contribution is 5.60. The van der Waals surface area contributed by atoms with Gasteiger partial charge in [0.05, 0.1) is 0 Å². The van der Waals surface area contributed by atoms with Gasteiger partial charge in [-0.1, -0.05) is 55.4 Å². The van der Waals surface area contributed by atoms with Crippen molar-refractivity contribution in [2.45, 2.75) is 118 Å². The van der Waals surface area contributed by atoms with Crippen LogP contribution in [0.2, 0.25) is 0 Å². The minimum atomic E-state index is 0.371. The van der Waals surface area contributed by atoms with Crippen LogP contribution in [0.5, 0.6) is 0 Å². The maximum atomic E-state index is 2.51. The van der Waals surface area contributed by atoms with Crippen LogP contribution in [0.25, 0.3) is 0 Å². The largest absolute Gasteiger partial charge is 0.0628 e. The first-order chi connectivity index (χ1) is 12.0. The van der Waals surface area contributed by atoms with E-state index in [0.29, 0.717) is 10.8 Å². The molecule has 0 nitrogen and oxygen atoms in total. The molecule has 1 aromatic carbocycles. The van der Waals surface area contributed by atoms with E-state index in [9.17, 15) is 0 Å². The van der Waals surface area contributed by atoms with E-state index in [1.54, 1.807) is 33.4 Å². The molecule has 1 aromatic rings. The van der Waals surface area contributed by atoms with Crippen molar-refractivity contribution in [3.63, 3.8) is 0 Å². The van der Waals surface area contributed by atoms with Crippen molar-refractivity contribution in [2.75, 3.05) is 0 Å². The van der Waals surface area contributed by atoms with E-state index in [1.165, 1.54) is 51.4 Å². The molecule has 0 heteroatoms. The van der Waals surface area contributed by atoms with Crippen molar-refractivity contribution in [1.29, 1.82) is 0 Å². The minimum absolute atomic E-state index is 0.371. The Bertz CT molecular complexity index is 610. The van der Waals surface area contributed by atoms with Crippen LogP contribution in [-0.4, -0.2) is 0 Å². The van der Waals surface area contributed by atoms with E-state index in [-0.39, 0.29) is 0 Å². The van der Waals surface area contributed by atoms with Gasteiger partial charge in [0.25, 0.3) is 0 Å². The lowest BCUT2D eigenvalue weighted by Crippen LogP contribution is -2.21. The molecule has 146 valence electrons. The second-order valence-electron chi connectivity index (χ2n) is 11.3. The van der Waals surface area contributed by atoms with Gasteiger partial charge in [-0.2, -0.15) is 0 Å². The zero-order chi connectivity index (χ0) is 19.3. The molecule has 0 saturated carbocycles. The quantitative estimate of drug-likeness (QED) is 0.502. The second kappa shape index (κ2) is 6.99. The Kier molecular flexibility index (Phi) is 5.37. The average molecular weight is 355 g/mol. The molecule has 0 saturated heterocycles. The van der Waals surface area contributed by atoms with Crippen molar-refractivity contribution in [3.8, 4) is 0 Å². The van der Waals surface area contributed by atoms with Crippen LogP contribution in [0.3, 0.4) is 0 Å². The summed E-state index contributed by atoms with van der Waals surface area (Å²) in [6.45, 7) is 19.6. The summed E-state index contributed by atoms with van der Waals surface area (Å²) in [5.41, 5.74) is 11.4. The van der Waals surface area contributed by atoms with Gasteiger partial charge < -0.3 is 0 Å². The van der Waals surface area contributed by atoms with Crippen molar-refractivity contribution in [3.05, 3.63) is 33.4 Å². The number of fused-ring (bicyclic) bond motifs is 2. The zero-order valence-corrected chi connectivity index (χ0v) is 18.8. The highest BCUT2D eigenvalue weighted by atomic mass is 14.5. The highest BCUT2D eigenvalue weighted by Gasteiger charge is 2.41. The molecular weight excluding hydrogens is 312 g/mol. The molecule has 0 fully saturated rings. The molecule has 0 aliphatic heterocycles. The SMILES string of the molecule is CC(C)CCc1c2c(c(CCC(C)C)c3c1C(C)(C)CC3)C(C)(C)CC2. The molecule has 0 bridgehead atoms. The highest BCUT2D eigenvalue weighted by Crippen LogP contribution is 2.51. The van der Waals surface area contributed by atoms with E-state index in [2.05, 4.69) is 55.4 Å². The molecule has 0 heterocycles. The first kappa shape index (κ1) is 20.0. The Balaban J connectivity index is 2.21. The number of benzene rings is 1. The van der Waals surface area contributed by atoms with E-state index in [4.69, 9.17) is 0 Å². The predicted octanol–water partition coefficient (Wildman–Crippen LogP) is 7.31. The molecular formula is C26H42. The van der Waals surface area contributed by atoms with Crippen LogP contribution >= 0.6 is 0 Å². The summed E-state index contributed by atoms with van der Waals surface area (Å²) in [4.78, 5) is 0. The Morgan fingerprint density at radius 1 is 0.654 bits per heavy atom. The van der Waals surface area contributed by atoms with Gasteiger partial charge in [-0.25, -0.2) is 0 Å². The maximum absolute atomic E-state index is 2.51. The minimum Gasteiger partial charge on any atom is -0.0628 e. The zero-order valence-electron chi connectivity index (χ0n) is 18.8. The molecule has 0 amide bonds. The standard InChI is InChI=1S/C26H42/c1-17(2)9-11-19-21-13-15-26(7,8)24(21)20(12-10-18(3)4)22-14-16-25(5,6)23(19)22/h17-18H,9-16H2,1-8H3. The van der Waals surface area contributed by atoms with Crippen molar-refractivity contribution in [2.24, 2.45) is 11.8 Å². The molecule has 0 radical (unpaired) electrons. The molecule has 0 spiro atoms.